The smallest absolute Gasteiger partial charge is 0.0528 e. The van der Waals surface area contributed by atoms with Gasteiger partial charge in [0.15, 0.2) is 0 Å². The summed E-state index contributed by atoms with van der Waals surface area (Å²) in [6, 6.07) is 14.4. The topological polar surface area (TPSA) is 20.2 Å². The van der Waals surface area contributed by atoms with Crippen molar-refractivity contribution < 1.29 is 5.11 Å². The second-order valence-corrected chi connectivity index (χ2v) is 5.37. The van der Waals surface area contributed by atoms with Crippen LogP contribution in [0, 0.1) is 0 Å². The molecule has 0 saturated carbocycles. The number of rotatable bonds is 4. The van der Waals surface area contributed by atoms with Gasteiger partial charge in [-0.05, 0) is 23.4 Å². The number of aliphatic hydroxyl groups is 1. The number of aliphatic hydroxyl groups excluding tert-OH is 1. The molecule has 1 heterocycles. The summed E-state index contributed by atoms with van der Waals surface area (Å²) in [6.45, 7) is 2.29. The van der Waals surface area contributed by atoms with Gasteiger partial charge in [0.05, 0.1) is 6.61 Å². The van der Waals surface area contributed by atoms with E-state index in [1.54, 1.807) is 11.3 Å². The second kappa shape index (κ2) is 4.81. The van der Waals surface area contributed by atoms with Crippen molar-refractivity contribution in [3.63, 3.8) is 0 Å². The highest BCUT2D eigenvalue weighted by Crippen LogP contribution is 2.29. The van der Waals surface area contributed by atoms with Gasteiger partial charge in [-0.2, -0.15) is 0 Å². The third-order valence-corrected chi connectivity index (χ3v) is 3.84. The van der Waals surface area contributed by atoms with Crippen LogP contribution in [-0.2, 0) is 11.8 Å². The molecule has 0 aliphatic rings. The molecule has 1 nitrogen and oxygen atoms in total. The lowest BCUT2D eigenvalue weighted by Crippen LogP contribution is -2.29. The minimum absolute atomic E-state index is 0.174. The minimum atomic E-state index is -0.174. The normalized spacial score (nSPS) is 14.6. The van der Waals surface area contributed by atoms with Crippen LogP contribution in [0.5, 0.6) is 0 Å². The van der Waals surface area contributed by atoms with Gasteiger partial charge in [-0.15, -0.1) is 11.3 Å². The Morgan fingerprint density at radius 2 is 1.88 bits per heavy atom. The molecule has 0 radical (unpaired) electrons. The van der Waals surface area contributed by atoms with E-state index in [0.29, 0.717) is 0 Å². The van der Waals surface area contributed by atoms with E-state index in [4.69, 9.17) is 0 Å². The summed E-state index contributed by atoms with van der Waals surface area (Å²) in [5, 5.41) is 11.7. The molecule has 1 atom stereocenters. The maximum atomic E-state index is 9.64. The predicted octanol–water partition coefficient (Wildman–Crippen LogP) is 3.24. The van der Waals surface area contributed by atoms with Gasteiger partial charge >= 0.3 is 0 Å². The Balaban J connectivity index is 2.26. The quantitative estimate of drug-likeness (QED) is 0.858. The largest absolute Gasteiger partial charge is 0.395 e. The van der Waals surface area contributed by atoms with Crippen LogP contribution in [0.1, 0.15) is 17.4 Å². The first-order chi connectivity index (χ1) is 7.74. The lowest BCUT2D eigenvalue weighted by Gasteiger charge is -2.27. The fourth-order valence-electron chi connectivity index (χ4n) is 1.89. The molecule has 0 spiro atoms. The Morgan fingerprint density at radius 3 is 2.44 bits per heavy atom. The van der Waals surface area contributed by atoms with Crippen molar-refractivity contribution in [2.24, 2.45) is 0 Å². The van der Waals surface area contributed by atoms with Gasteiger partial charge in [0, 0.05) is 10.3 Å². The molecule has 1 aromatic heterocycles. The predicted molar refractivity (Wildman–Crippen MR) is 68.9 cm³/mol. The standard InChI is InChI=1S/C14H16OS/c1-14(11-15,10-13-8-5-9-16-13)12-6-3-2-4-7-12/h2-9,15H,10-11H2,1H3. The minimum Gasteiger partial charge on any atom is -0.395 e. The summed E-state index contributed by atoms with van der Waals surface area (Å²) >= 11 is 1.75. The van der Waals surface area contributed by atoms with Crippen molar-refractivity contribution in [2.45, 2.75) is 18.8 Å². The Hall–Kier alpha value is -1.12. The number of benzene rings is 1. The zero-order chi connectivity index (χ0) is 11.4. The van der Waals surface area contributed by atoms with Gasteiger partial charge in [0.2, 0.25) is 0 Å². The summed E-state index contributed by atoms with van der Waals surface area (Å²) in [5.41, 5.74) is 1.03. The molecule has 0 aliphatic carbocycles. The molecule has 0 fully saturated rings. The first-order valence-corrected chi connectivity index (χ1v) is 6.31. The Bertz CT molecular complexity index is 421. The molecule has 84 valence electrons. The second-order valence-electron chi connectivity index (χ2n) is 4.34. The van der Waals surface area contributed by atoms with Crippen LogP contribution >= 0.6 is 11.3 Å². The molecule has 16 heavy (non-hydrogen) atoms. The van der Waals surface area contributed by atoms with Crippen molar-refractivity contribution in [1.82, 2.24) is 0 Å². The fourth-order valence-corrected chi connectivity index (χ4v) is 2.78. The summed E-state index contributed by atoms with van der Waals surface area (Å²) in [7, 11) is 0. The van der Waals surface area contributed by atoms with Crippen LogP contribution in [0.2, 0.25) is 0 Å². The average Bonchev–Trinajstić information content (AvgIpc) is 2.83. The lowest BCUT2D eigenvalue weighted by atomic mass is 9.80. The molecular weight excluding hydrogens is 216 g/mol. The Labute approximate surface area is 100 Å². The fraction of sp³-hybridized carbons (Fsp3) is 0.286. The third-order valence-electron chi connectivity index (χ3n) is 2.96. The average molecular weight is 232 g/mol. The summed E-state index contributed by atoms with van der Waals surface area (Å²) in [6.07, 6.45) is 0.894. The van der Waals surface area contributed by atoms with Crippen LogP contribution in [0.4, 0.5) is 0 Å². The van der Waals surface area contributed by atoms with Gasteiger partial charge in [-0.25, -0.2) is 0 Å². The first kappa shape index (κ1) is 11.4. The van der Waals surface area contributed by atoms with Crippen LogP contribution in [0.25, 0.3) is 0 Å². The van der Waals surface area contributed by atoms with Crippen molar-refractivity contribution in [3.05, 3.63) is 58.3 Å². The third kappa shape index (κ3) is 2.34. The first-order valence-electron chi connectivity index (χ1n) is 5.43. The van der Waals surface area contributed by atoms with E-state index < -0.39 is 0 Å². The molecule has 0 saturated heterocycles. The summed E-state index contributed by atoms with van der Waals surface area (Å²) < 4.78 is 0. The van der Waals surface area contributed by atoms with Crippen LogP contribution in [0.3, 0.4) is 0 Å². The maximum Gasteiger partial charge on any atom is 0.0528 e. The summed E-state index contributed by atoms with van der Waals surface area (Å²) in [4.78, 5) is 1.32. The van der Waals surface area contributed by atoms with Crippen molar-refractivity contribution >= 4 is 11.3 Å². The summed E-state index contributed by atoms with van der Waals surface area (Å²) in [5.74, 6) is 0. The molecule has 1 N–H and O–H groups in total. The van der Waals surface area contributed by atoms with E-state index in [9.17, 15) is 5.11 Å². The molecular formula is C14H16OS. The van der Waals surface area contributed by atoms with E-state index in [-0.39, 0.29) is 12.0 Å². The van der Waals surface area contributed by atoms with Crippen molar-refractivity contribution in [3.8, 4) is 0 Å². The highest BCUT2D eigenvalue weighted by Gasteiger charge is 2.26. The zero-order valence-corrected chi connectivity index (χ0v) is 10.2. The van der Waals surface area contributed by atoms with Crippen LogP contribution in [0.15, 0.2) is 47.8 Å². The van der Waals surface area contributed by atoms with E-state index in [1.807, 2.05) is 18.2 Å². The zero-order valence-electron chi connectivity index (χ0n) is 9.39. The molecule has 2 rings (SSSR count). The molecule has 0 bridgehead atoms. The van der Waals surface area contributed by atoms with Crippen molar-refractivity contribution in [1.29, 1.82) is 0 Å². The highest BCUT2D eigenvalue weighted by atomic mass is 32.1. The molecule has 0 amide bonds. The van der Waals surface area contributed by atoms with Gasteiger partial charge in [0.25, 0.3) is 0 Å². The Kier molecular flexibility index (Phi) is 3.42. The SMILES string of the molecule is CC(CO)(Cc1cccs1)c1ccccc1. The van der Waals surface area contributed by atoms with Crippen LogP contribution < -0.4 is 0 Å². The Morgan fingerprint density at radius 1 is 1.12 bits per heavy atom. The van der Waals surface area contributed by atoms with E-state index in [0.717, 1.165) is 6.42 Å². The van der Waals surface area contributed by atoms with Gasteiger partial charge in [-0.1, -0.05) is 43.3 Å². The van der Waals surface area contributed by atoms with E-state index in [2.05, 4.69) is 36.6 Å². The van der Waals surface area contributed by atoms with E-state index >= 15 is 0 Å². The molecule has 2 aromatic rings. The van der Waals surface area contributed by atoms with Gasteiger partial charge in [0.1, 0.15) is 0 Å². The molecule has 1 unspecified atom stereocenters. The molecule has 2 heteroatoms. The number of hydrogen-bond donors (Lipinski definition) is 1. The van der Waals surface area contributed by atoms with Crippen molar-refractivity contribution in [2.75, 3.05) is 6.61 Å². The molecule has 0 aliphatic heterocycles. The van der Waals surface area contributed by atoms with E-state index in [1.165, 1.54) is 10.4 Å². The monoisotopic (exact) mass is 232 g/mol. The molecule has 1 aromatic carbocycles. The number of thiophene rings is 1. The number of hydrogen-bond acceptors (Lipinski definition) is 2. The lowest BCUT2D eigenvalue weighted by molar-refractivity contribution is 0.205. The van der Waals surface area contributed by atoms with Gasteiger partial charge < -0.3 is 5.11 Å². The van der Waals surface area contributed by atoms with Crippen LogP contribution in [-0.4, -0.2) is 11.7 Å². The maximum absolute atomic E-state index is 9.64. The highest BCUT2D eigenvalue weighted by molar-refractivity contribution is 7.09. The van der Waals surface area contributed by atoms with Gasteiger partial charge in [-0.3, -0.25) is 0 Å².